The molecule has 2 saturated heterocycles. The SMILES string of the molecule is CCCCCN1CC=C[C@]23S[C@H]4C=CCOC(=O)[C@H]4[C@H]2C(=O)N(CCO)C3C1=O. The zero-order chi connectivity index (χ0) is 20.6. The van der Waals surface area contributed by atoms with E-state index in [0.717, 1.165) is 19.3 Å². The third-order valence-corrected chi connectivity index (χ3v) is 8.11. The Bertz CT molecular complexity index is 753. The highest BCUT2D eigenvalue weighted by atomic mass is 32.2. The summed E-state index contributed by atoms with van der Waals surface area (Å²) in [4.78, 5) is 43.1. The van der Waals surface area contributed by atoms with Gasteiger partial charge in [0.2, 0.25) is 11.8 Å². The summed E-state index contributed by atoms with van der Waals surface area (Å²) in [6.45, 7) is 3.35. The molecule has 0 bridgehead atoms. The van der Waals surface area contributed by atoms with Crippen LogP contribution in [0.4, 0.5) is 0 Å². The number of fused-ring (bicyclic) bond motifs is 2. The number of aliphatic hydroxyl groups excluding tert-OH is 1. The van der Waals surface area contributed by atoms with Crippen LogP contribution in [-0.4, -0.2) is 81.6 Å². The highest BCUT2D eigenvalue weighted by Gasteiger charge is 2.70. The van der Waals surface area contributed by atoms with Gasteiger partial charge in [-0.15, -0.1) is 11.8 Å². The first-order valence-corrected chi connectivity index (χ1v) is 11.3. The summed E-state index contributed by atoms with van der Waals surface area (Å²) >= 11 is 1.53. The fourth-order valence-corrected chi connectivity index (χ4v) is 7.12. The van der Waals surface area contributed by atoms with Gasteiger partial charge in [0.15, 0.2) is 0 Å². The molecular formula is C21H28N2O5S. The summed E-state index contributed by atoms with van der Waals surface area (Å²) in [7, 11) is 0. The van der Waals surface area contributed by atoms with Crippen molar-refractivity contribution in [2.75, 3.05) is 32.8 Å². The van der Waals surface area contributed by atoms with Crippen LogP contribution in [0.3, 0.4) is 0 Å². The third kappa shape index (κ3) is 3.20. The Balaban J connectivity index is 1.73. The molecule has 4 aliphatic rings. The minimum atomic E-state index is -0.807. The Morgan fingerprint density at radius 1 is 1.21 bits per heavy atom. The molecule has 1 unspecified atom stereocenters. The molecule has 1 spiro atoms. The largest absolute Gasteiger partial charge is 0.461 e. The molecule has 158 valence electrons. The number of rotatable bonds is 6. The first kappa shape index (κ1) is 20.5. The number of cyclic esters (lactones) is 1. The number of hydrogen-bond donors (Lipinski definition) is 1. The van der Waals surface area contributed by atoms with Crippen LogP contribution in [0.1, 0.15) is 26.2 Å². The summed E-state index contributed by atoms with van der Waals surface area (Å²) in [5.41, 5.74) is 0. The summed E-state index contributed by atoms with van der Waals surface area (Å²) < 4.78 is 4.50. The number of unbranched alkanes of at least 4 members (excludes halogenated alkanes) is 2. The predicted molar refractivity (Wildman–Crippen MR) is 109 cm³/mol. The first-order valence-electron chi connectivity index (χ1n) is 10.4. The zero-order valence-electron chi connectivity index (χ0n) is 16.7. The van der Waals surface area contributed by atoms with E-state index in [1.165, 1.54) is 16.7 Å². The van der Waals surface area contributed by atoms with Crippen molar-refractivity contribution in [3.05, 3.63) is 24.3 Å². The van der Waals surface area contributed by atoms with E-state index in [-0.39, 0.29) is 42.8 Å². The average Bonchev–Trinajstić information content (AvgIpc) is 2.99. The van der Waals surface area contributed by atoms with Gasteiger partial charge in [0, 0.05) is 24.9 Å². The Kier molecular flexibility index (Phi) is 5.75. The second-order valence-corrected chi connectivity index (χ2v) is 9.54. The number of esters is 1. The van der Waals surface area contributed by atoms with E-state index in [2.05, 4.69) is 6.92 Å². The molecule has 4 rings (SSSR count). The normalized spacial score (nSPS) is 35.9. The molecule has 0 saturated carbocycles. The first-order chi connectivity index (χ1) is 14.0. The fourth-order valence-electron chi connectivity index (χ4n) is 5.12. The second kappa shape index (κ2) is 8.14. The van der Waals surface area contributed by atoms with E-state index >= 15 is 0 Å². The van der Waals surface area contributed by atoms with Gasteiger partial charge in [0.05, 0.1) is 23.2 Å². The number of β-amino-alcohol motifs (C(OH)–C–C–N with tert-alkyl or cyclic N) is 1. The minimum absolute atomic E-state index is 0.0864. The van der Waals surface area contributed by atoms with E-state index in [1.807, 2.05) is 29.2 Å². The van der Waals surface area contributed by atoms with E-state index in [0.29, 0.717) is 13.1 Å². The number of nitrogens with zero attached hydrogens (tertiary/aromatic N) is 2. The van der Waals surface area contributed by atoms with Gasteiger partial charge in [-0.25, -0.2) is 0 Å². The summed E-state index contributed by atoms with van der Waals surface area (Å²) in [6, 6.07) is -0.703. The molecule has 2 fully saturated rings. The molecule has 0 aromatic rings. The lowest BCUT2D eigenvalue weighted by Crippen LogP contribution is -2.53. The van der Waals surface area contributed by atoms with Crippen LogP contribution >= 0.6 is 11.8 Å². The minimum Gasteiger partial charge on any atom is -0.461 e. The quantitative estimate of drug-likeness (QED) is 0.392. The predicted octanol–water partition coefficient (Wildman–Crippen LogP) is 0.978. The molecule has 4 aliphatic heterocycles. The van der Waals surface area contributed by atoms with E-state index in [1.54, 1.807) is 0 Å². The third-order valence-electron chi connectivity index (χ3n) is 6.37. The molecule has 5 atom stereocenters. The maximum absolute atomic E-state index is 13.6. The van der Waals surface area contributed by atoms with Crippen molar-refractivity contribution in [3.8, 4) is 0 Å². The zero-order valence-corrected chi connectivity index (χ0v) is 17.5. The number of hydrogen-bond acceptors (Lipinski definition) is 6. The number of thioether (sulfide) groups is 1. The van der Waals surface area contributed by atoms with E-state index in [9.17, 15) is 19.5 Å². The van der Waals surface area contributed by atoms with Crippen molar-refractivity contribution in [1.82, 2.24) is 9.80 Å². The van der Waals surface area contributed by atoms with Crippen LogP contribution in [0.15, 0.2) is 24.3 Å². The maximum atomic E-state index is 13.6. The van der Waals surface area contributed by atoms with Crippen molar-refractivity contribution in [2.45, 2.75) is 42.2 Å². The molecule has 0 aromatic heterocycles. The Morgan fingerprint density at radius 3 is 2.79 bits per heavy atom. The lowest BCUT2D eigenvalue weighted by Gasteiger charge is -2.35. The number of carbonyl (C=O) groups excluding carboxylic acids is 3. The van der Waals surface area contributed by atoms with Crippen molar-refractivity contribution in [1.29, 1.82) is 0 Å². The van der Waals surface area contributed by atoms with Crippen LogP contribution in [0.25, 0.3) is 0 Å². The molecule has 0 aliphatic carbocycles. The molecular weight excluding hydrogens is 392 g/mol. The number of aliphatic hydroxyl groups is 1. The highest BCUT2D eigenvalue weighted by molar-refractivity contribution is 8.02. The summed E-state index contributed by atoms with van der Waals surface area (Å²) in [5.74, 6) is -1.96. The monoisotopic (exact) mass is 420 g/mol. The van der Waals surface area contributed by atoms with Crippen LogP contribution in [0.5, 0.6) is 0 Å². The molecule has 8 heteroatoms. The van der Waals surface area contributed by atoms with Crippen LogP contribution in [-0.2, 0) is 19.1 Å². The van der Waals surface area contributed by atoms with Crippen LogP contribution in [0.2, 0.25) is 0 Å². The molecule has 7 nitrogen and oxygen atoms in total. The van der Waals surface area contributed by atoms with Gasteiger partial charge >= 0.3 is 5.97 Å². The lowest BCUT2D eigenvalue weighted by atomic mass is 9.78. The number of ether oxygens (including phenoxy) is 1. The maximum Gasteiger partial charge on any atom is 0.311 e. The topological polar surface area (TPSA) is 87.2 Å². The van der Waals surface area contributed by atoms with E-state index in [4.69, 9.17) is 4.74 Å². The van der Waals surface area contributed by atoms with E-state index < -0.39 is 22.6 Å². The van der Waals surface area contributed by atoms with Crippen LogP contribution in [0, 0.1) is 11.8 Å². The molecule has 0 aromatic carbocycles. The van der Waals surface area contributed by atoms with Crippen molar-refractivity contribution in [3.63, 3.8) is 0 Å². The number of carbonyl (C=O) groups is 3. The van der Waals surface area contributed by atoms with Gasteiger partial charge in [-0.3, -0.25) is 14.4 Å². The van der Waals surface area contributed by atoms with Crippen molar-refractivity contribution in [2.24, 2.45) is 11.8 Å². The van der Waals surface area contributed by atoms with Gasteiger partial charge in [-0.05, 0) is 6.42 Å². The van der Waals surface area contributed by atoms with Crippen LogP contribution < -0.4 is 0 Å². The standard InChI is InChI=1S/C21H28N2O5S/c1-2-3-4-9-22-10-6-8-21-16(15-14(29-21)7-5-13-28-20(15)27)18(25)23(11-12-24)17(21)19(22)26/h5-8,14-17,24H,2-4,9-13H2,1H3/t14-,15+,16-,17?,21-/m0/s1. The highest BCUT2D eigenvalue weighted by Crippen LogP contribution is 2.60. The molecule has 1 N–H and O–H groups in total. The van der Waals surface area contributed by atoms with Crippen molar-refractivity contribution >= 4 is 29.5 Å². The number of amides is 2. The second-order valence-electron chi connectivity index (χ2n) is 8.05. The number of likely N-dealkylation sites (tertiary alicyclic amines) is 1. The van der Waals surface area contributed by atoms with Gasteiger partial charge in [-0.1, -0.05) is 44.1 Å². The van der Waals surface area contributed by atoms with Gasteiger partial charge in [0.25, 0.3) is 0 Å². The fraction of sp³-hybridized carbons (Fsp3) is 0.667. The van der Waals surface area contributed by atoms with Gasteiger partial charge in [0.1, 0.15) is 12.6 Å². The Hall–Kier alpha value is -1.80. The van der Waals surface area contributed by atoms with Gasteiger partial charge in [-0.2, -0.15) is 0 Å². The smallest absolute Gasteiger partial charge is 0.311 e. The van der Waals surface area contributed by atoms with Crippen molar-refractivity contribution < 1.29 is 24.2 Å². The van der Waals surface area contributed by atoms with Gasteiger partial charge < -0.3 is 19.6 Å². The molecule has 0 radical (unpaired) electrons. The molecule has 29 heavy (non-hydrogen) atoms. The summed E-state index contributed by atoms with van der Waals surface area (Å²) in [5, 5.41) is 9.38. The molecule has 4 heterocycles. The summed E-state index contributed by atoms with van der Waals surface area (Å²) in [6.07, 6.45) is 10.7. The average molecular weight is 421 g/mol. The lowest BCUT2D eigenvalue weighted by molar-refractivity contribution is -0.151. The Morgan fingerprint density at radius 2 is 2.03 bits per heavy atom. The molecule has 2 amide bonds. The Labute approximate surface area is 175 Å².